The zero-order chi connectivity index (χ0) is 17.8. The van der Waals surface area contributed by atoms with E-state index in [1.54, 1.807) is 0 Å². The second-order valence-electron chi connectivity index (χ2n) is 6.28. The molecule has 1 saturated heterocycles. The molecule has 0 unspecified atom stereocenters. The van der Waals surface area contributed by atoms with Crippen LogP contribution in [0.25, 0.3) is 0 Å². The largest absolute Gasteiger partial charge is 0.346 e. The highest BCUT2D eigenvalue weighted by molar-refractivity contribution is 7.80. The van der Waals surface area contributed by atoms with Crippen molar-refractivity contribution >= 4 is 34.6 Å². The van der Waals surface area contributed by atoms with Crippen LogP contribution in [0, 0.1) is 12.7 Å². The molecule has 0 saturated carbocycles. The number of rotatable bonds is 3. The molecule has 0 atom stereocenters. The second kappa shape index (κ2) is 8.13. The standard InChI is InChI=1S/C19H21ClFN3S/c1-14-2-5-16(20)12-18(14)22-19(25)24-10-8-23(9-11-24)13-15-3-6-17(21)7-4-15/h2-7,12H,8-11,13H2,1H3,(H,22,25). The fourth-order valence-electron chi connectivity index (χ4n) is 2.88. The van der Waals surface area contributed by atoms with E-state index >= 15 is 0 Å². The van der Waals surface area contributed by atoms with Crippen LogP contribution in [-0.4, -0.2) is 41.1 Å². The highest BCUT2D eigenvalue weighted by Gasteiger charge is 2.19. The average Bonchev–Trinajstić information content (AvgIpc) is 2.61. The topological polar surface area (TPSA) is 18.5 Å². The maximum atomic E-state index is 13.0. The van der Waals surface area contributed by atoms with Crippen LogP contribution in [0.3, 0.4) is 0 Å². The first-order valence-electron chi connectivity index (χ1n) is 8.30. The maximum absolute atomic E-state index is 13.0. The third-order valence-corrected chi connectivity index (χ3v) is 5.02. The van der Waals surface area contributed by atoms with Gasteiger partial charge in [-0.05, 0) is 54.5 Å². The molecule has 0 aromatic heterocycles. The van der Waals surface area contributed by atoms with Gasteiger partial charge in [0.05, 0.1) is 0 Å². The van der Waals surface area contributed by atoms with Gasteiger partial charge in [-0.1, -0.05) is 29.8 Å². The van der Waals surface area contributed by atoms with Gasteiger partial charge in [0.1, 0.15) is 5.82 Å². The summed E-state index contributed by atoms with van der Waals surface area (Å²) in [5, 5.41) is 4.73. The van der Waals surface area contributed by atoms with E-state index in [0.29, 0.717) is 5.02 Å². The number of anilines is 1. The molecule has 1 aliphatic rings. The Morgan fingerprint density at radius 3 is 2.48 bits per heavy atom. The monoisotopic (exact) mass is 377 g/mol. The minimum absolute atomic E-state index is 0.193. The third-order valence-electron chi connectivity index (χ3n) is 4.42. The Hall–Kier alpha value is -1.69. The molecule has 0 radical (unpaired) electrons. The Morgan fingerprint density at radius 1 is 1.12 bits per heavy atom. The zero-order valence-corrected chi connectivity index (χ0v) is 15.7. The van der Waals surface area contributed by atoms with E-state index in [-0.39, 0.29) is 5.82 Å². The van der Waals surface area contributed by atoms with Gasteiger partial charge in [-0.25, -0.2) is 4.39 Å². The Morgan fingerprint density at radius 2 is 1.80 bits per heavy atom. The Kier molecular flexibility index (Phi) is 5.89. The van der Waals surface area contributed by atoms with E-state index in [1.807, 2.05) is 37.3 Å². The molecule has 2 aromatic carbocycles. The number of nitrogens with zero attached hydrogens (tertiary/aromatic N) is 2. The molecule has 3 nitrogen and oxygen atoms in total. The van der Waals surface area contributed by atoms with E-state index in [1.165, 1.54) is 12.1 Å². The first kappa shape index (κ1) is 18.1. The summed E-state index contributed by atoms with van der Waals surface area (Å²) in [5.74, 6) is -0.193. The predicted octanol–water partition coefficient (Wildman–Crippen LogP) is 4.30. The number of halogens is 2. The normalized spacial score (nSPS) is 15.2. The second-order valence-corrected chi connectivity index (χ2v) is 7.10. The molecule has 1 aliphatic heterocycles. The van der Waals surface area contributed by atoms with Crippen LogP contribution < -0.4 is 5.32 Å². The van der Waals surface area contributed by atoms with Crippen molar-refractivity contribution in [3.05, 3.63) is 64.4 Å². The lowest BCUT2D eigenvalue weighted by atomic mass is 10.2. The molecular weight excluding hydrogens is 357 g/mol. The minimum atomic E-state index is -0.193. The van der Waals surface area contributed by atoms with Gasteiger partial charge >= 0.3 is 0 Å². The van der Waals surface area contributed by atoms with Gasteiger partial charge in [0.15, 0.2) is 5.11 Å². The van der Waals surface area contributed by atoms with Crippen molar-refractivity contribution in [3.63, 3.8) is 0 Å². The summed E-state index contributed by atoms with van der Waals surface area (Å²) >= 11 is 11.6. The summed E-state index contributed by atoms with van der Waals surface area (Å²) in [6, 6.07) is 12.5. The summed E-state index contributed by atoms with van der Waals surface area (Å²) < 4.78 is 13.0. The number of piperazine rings is 1. The number of hydrogen-bond acceptors (Lipinski definition) is 2. The summed E-state index contributed by atoms with van der Waals surface area (Å²) in [6.07, 6.45) is 0. The summed E-state index contributed by atoms with van der Waals surface area (Å²) in [5.41, 5.74) is 3.19. The molecule has 132 valence electrons. The number of hydrogen-bond donors (Lipinski definition) is 1. The van der Waals surface area contributed by atoms with Crippen molar-refractivity contribution in [1.82, 2.24) is 9.80 Å². The van der Waals surface area contributed by atoms with Gasteiger partial charge in [-0.2, -0.15) is 0 Å². The summed E-state index contributed by atoms with van der Waals surface area (Å²) in [4.78, 5) is 4.54. The van der Waals surface area contributed by atoms with Crippen LogP contribution in [0.15, 0.2) is 42.5 Å². The van der Waals surface area contributed by atoms with E-state index < -0.39 is 0 Å². The molecule has 0 bridgehead atoms. The molecule has 1 N–H and O–H groups in total. The highest BCUT2D eigenvalue weighted by atomic mass is 35.5. The molecule has 0 amide bonds. The van der Waals surface area contributed by atoms with E-state index in [9.17, 15) is 4.39 Å². The van der Waals surface area contributed by atoms with E-state index in [0.717, 1.165) is 54.7 Å². The molecule has 0 aliphatic carbocycles. The molecule has 25 heavy (non-hydrogen) atoms. The Balaban J connectivity index is 1.52. The van der Waals surface area contributed by atoms with Crippen LogP contribution in [0.2, 0.25) is 5.02 Å². The molecular formula is C19H21ClFN3S. The molecule has 1 heterocycles. The van der Waals surface area contributed by atoms with Gasteiger partial charge in [0.2, 0.25) is 0 Å². The van der Waals surface area contributed by atoms with Crippen molar-refractivity contribution < 1.29 is 4.39 Å². The third kappa shape index (κ3) is 4.91. The molecule has 6 heteroatoms. The van der Waals surface area contributed by atoms with Gasteiger partial charge in [0, 0.05) is 43.4 Å². The van der Waals surface area contributed by atoms with E-state index in [4.69, 9.17) is 23.8 Å². The molecule has 2 aromatic rings. The van der Waals surface area contributed by atoms with Crippen LogP contribution in [0.5, 0.6) is 0 Å². The smallest absolute Gasteiger partial charge is 0.173 e. The number of thiocarbonyl (C=S) groups is 1. The lowest BCUT2D eigenvalue weighted by Crippen LogP contribution is -2.49. The van der Waals surface area contributed by atoms with Crippen LogP contribution in [0.4, 0.5) is 10.1 Å². The number of nitrogens with one attached hydrogen (secondary N) is 1. The van der Waals surface area contributed by atoms with Crippen molar-refractivity contribution in [1.29, 1.82) is 0 Å². The average molecular weight is 378 g/mol. The predicted molar refractivity (Wildman–Crippen MR) is 106 cm³/mol. The quantitative estimate of drug-likeness (QED) is 0.803. The van der Waals surface area contributed by atoms with Crippen molar-refractivity contribution in [3.8, 4) is 0 Å². The first-order chi connectivity index (χ1) is 12.0. The fourth-order valence-corrected chi connectivity index (χ4v) is 3.34. The van der Waals surface area contributed by atoms with Crippen molar-refractivity contribution in [2.24, 2.45) is 0 Å². The van der Waals surface area contributed by atoms with Crippen LogP contribution in [0.1, 0.15) is 11.1 Å². The van der Waals surface area contributed by atoms with Crippen molar-refractivity contribution in [2.75, 3.05) is 31.5 Å². The zero-order valence-electron chi connectivity index (χ0n) is 14.1. The first-order valence-corrected chi connectivity index (χ1v) is 9.09. The van der Waals surface area contributed by atoms with Crippen molar-refractivity contribution in [2.45, 2.75) is 13.5 Å². The van der Waals surface area contributed by atoms with Crippen LogP contribution in [-0.2, 0) is 6.54 Å². The molecule has 0 spiro atoms. The number of benzene rings is 2. The van der Waals surface area contributed by atoms with Gasteiger partial charge in [-0.3, -0.25) is 4.90 Å². The van der Waals surface area contributed by atoms with Gasteiger partial charge in [-0.15, -0.1) is 0 Å². The molecule has 1 fully saturated rings. The Bertz CT molecular complexity index is 743. The lowest BCUT2D eigenvalue weighted by molar-refractivity contribution is 0.177. The van der Waals surface area contributed by atoms with E-state index in [2.05, 4.69) is 15.1 Å². The minimum Gasteiger partial charge on any atom is -0.346 e. The number of aryl methyl sites for hydroxylation is 1. The van der Waals surface area contributed by atoms with Gasteiger partial charge < -0.3 is 10.2 Å². The lowest BCUT2D eigenvalue weighted by Gasteiger charge is -2.36. The summed E-state index contributed by atoms with van der Waals surface area (Å²) in [7, 11) is 0. The maximum Gasteiger partial charge on any atom is 0.173 e. The highest BCUT2D eigenvalue weighted by Crippen LogP contribution is 2.21. The molecule has 3 rings (SSSR count). The summed E-state index contributed by atoms with van der Waals surface area (Å²) in [6.45, 7) is 6.45. The Labute approximate surface area is 158 Å². The fraction of sp³-hybridized carbons (Fsp3) is 0.316. The van der Waals surface area contributed by atoms with Crippen LogP contribution >= 0.6 is 23.8 Å². The van der Waals surface area contributed by atoms with Gasteiger partial charge in [0.25, 0.3) is 0 Å². The SMILES string of the molecule is Cc1ccc(Cl)cc1NC(=S)N1CCN(Cc2ccc(F)cc2)CC1.